The summed E-state index contributed by atoms with van der Waals surface area (Å²) in [5.41, 5.74) is 0. The molecule has 0 saturated carbocycles. The Balaban J connectivity index is 3.54. The summed E-state index contributed by atoms with van der Waals surface area (Å²) >= 11 is 0. The molecule has 0 aromatic carbocycles. The minimum atomic E-state index is -0.800. The second kappa shape index (κ2) is 13.1. The van der Waals surface area contributed by atoms with Crippen LogP contribution in [0.15, 0.2) is 12.7 Å². The maximum Gasteiger partial charge on any atom is 0.118 e. The van der Waals surface area contributed by atoms with Gasteiger partial charge in [0.25, 0.3) is 0 Å². The van der Waals surface area contributed by atoms with Gasteiger partial charge in [-0.15, -0.1) is 6.58 Å². The van der Waals surface area contributed by atoms with Crippen LogP contribution in [0.25, 0.3) is 0 Å². The fraction of sp³-hybridized carbons (Fsp3) is 0.882. The molecule has 0 aliphatic carbocycles. The second-order valence-corrected chi connectivity index (χ2v) is 5.55. The summed E-state index contributed by atoms with van der Waals surface area (Å²) in [5, 5.41) is 0. The zero-order valence-electron chi connectivity index (χ0n) is 12.6. The molecule has 0 radical (unpaired) electrons. The molecule has 0 aromatic rings. The van der Waals surface area contributed by atoms with E-state index in [0.717, 1.165) is 0 Å². The van der Waals surface area contributed by atoms with Gasteiger partial charge in [-0.3, -0.25) is 0 Å². The summed E-state index contributed by atoms with van der Waals surface area (Å²) in [6.07, 6.45) is 14.3. The maximum atomic E-state index is 13.3. The third-order valence-electron chi connectivity index (χ3n) is 3.73. The van der Waals surface area contributed by atoms with Crippen molar-refractivity contribution in [3.05, 3.63) is 12.7 Å². The minimum absolute atomic E-state index is 0.568. The smallest absolute Gasteiger partial charge is 0.118 e. The third kappa shape index (κ3) is 10.8. The van der Waals surface area contributed by atoms with E-state index in [1.165, 1.54) is 70.3 Å². The largest absolute Gasteiger partial charge is 0.243 e. The molecule has 0 nitrogen and oxygen atoms in total. The average molecular weight is 256 g/mol. The predicted octanol–water partition coefficient (Wildman–Crippen LogP) is 6.46. The Morgan fingerprint density at radius 1 is 0.889 bits per heavy atom. The molecule has 1 heteroatoms. The van der Waals surface area contributed by atoms with E-state index < -0.39 is 6.17 Å². The van der Waals surface area contributed by atoms with E-state index in [1.807, 2.05) is 0 Å². The van der Waals surface area contributed by atoms with Crippen LogP contribution < -0.4 is 0 Å². The van der Waals surface area contributed by atoms with Crippen LogP contribution in [0.4, 0.5) is 4.39 Å². The van der Waals surface area contributed by atoms with E-state index in [0.29, 0.717) is 12.3 Å². The second-order valence-electron chi connectivity index (χ2n) is 5.55. The summed E-state index contributed by atoms with van der Waals surface area (Å²) in [6.45, 7) is 7.98. The molecule has 0 fully saturated rings. The topological polar surface area (TPSA) is 0 Å². The molecule has 0 saturated heterocycles. The van der Waals surface area contributed by atoms with Gasteiger partial charge in [0.2, 0.25) is 0 Å². The van der Waals surface area contributed by atoms with E-state index in [1.54, 1.807) is 0 Å². The Kier molecular flexibility index (Phi) is 12.9. The molecule has 108 valence electrons. The van der Waals surface area contributed by atoms with Crippen molar-refractivity contribution in [2.24, 2.45) is 5.92 Å². The van der Waals surface area contributed by atoms with Crippen molar-refractivity contribution in [1.82, 2.24) is 0 Å². The standard InChI is InChI=1S/C17H33F/c1-4-7-8-9-10-11-12-14-16(13-5-2)15-17(18)6-3/h6,16-17H,3-5,7-15H2,1-2H3. The molecular formula is C17H33F. The number of alkyl halides is 1. The van der Waals surface area contributed by atoms with Crippen LogP contribution in [-0.4, -0.2) is 6.17 Å². The lowest BCUT2D eigenvalue weighted by Gasteiger charge is -2.16. The van der Waals surface area contributed by atoms with Crippen LogP contribution in [0.1, 0.15) is 84.5 Å². The Morgan fingerprint density at radius 2 is 1.50 bits per heavy atom. The van der Waals surface area contributed by atoms with E-state index in [4.69, 9.17) is 0 Å². The van der Waals surface area contributed by atoms with Crippen LogP contribution in [0.3, 0.4) is 0 Å². The monoisotopic (exact) mass is 256 g/mol. The van der Waals surface area contributed by atoms with Crippen molar-refractivity contribution >= 4 is 0 Å². The van der Waals surface area contributed by atoms with E-state index in [2.05, 4.69) is 20.4 Å². The molecule has 0 N–H and O–H groups in total. The minimum Gasteiger partial charge on any atom is -0.243 e. The molecule has 2 unspecified atom stereocenters. The first-order valence-corrected chi connectivity index (χ1v) is 8.01. The van der Waals surface area contributed by atoms with Crippen LogP contribution in [-0.2, 0) is 0 Å². The number of halogens is 1. The number of allylic oxidation sites excluding steroid dienone is 1. The highest BCUT2D eigenvalue weighted by molar-refractivity contribution is 4.80. The van der Waals surface area contributed by atoms with Gasteiger partial charge in [0.1, 0.15) is 6.17 Å². The third-order valence-corrected chi connectivity index (χ3v) is 3.73. The lowest BCUT2D eigenvalue weighted by molar-refractivity contribution is 0.289. The van der Waals surface area contributed by atoms with Crippen molar-refractivity contribution in [1.29, 1.82) is 0 Å². The Labute approximate surface area is 114 Å². The normalized spacial score (nSPS) is 14.4. The number of rotatable bonds is 13. The van der Waals surface area contributed by atoms with Crippen LogP contribution in [0.5, 0.6) is 0 Å². The fourth-order valence-electron chi connectivity index (χ4n) is 2.59. The zero-order valence-corrected chi connectivity index (χ0v) is 12.6. The predicted molar refractivity (Wildman–Crippen MR) is 80.7 cm³/mol. The molecule has 2 atom stereocenters. The van der Waals surface area contributed by atoms with Crippen LogP contribution in [0.2, 0.25) is 0 Å². The quantitative estimate of drug-likeness (QED) is 0.262. The summed E-state index contributed by atoms with van der Waals surface area (Å²) in [5.74, 6) is 0.568. The fourth-order valence-corrected chi connectivity index (χ4v) is 2.59. The van der Waals surface area contributed by atoms with E-state index >= 15 is 0 Å². The first-order valence-electron chi connectivity index (χ1n) is 8.01. The zero-order chi connectivity index (χ0) is 13.6. The molecule has 18 heavy (non-hydrogen) atoms. The SMILES string of the molecule is C=CC(F)CC(CCC)CCCCCCCCC. The molecule has 0 amide bonds. The number of unbranched alkanes of at least 4 members (excludes halogenated alkanes) is 6. The van der Waals surface area contributed by atoms with Gasteiger partial charge in [-0.1, -0.05) is 84.1 Å². The summed E-state index contributed by atoms with van der Waals surface area (Å²) in [4.78, 5) is 0. The van der Waals surface area contributed by atoms with Crippen LogP contribution >= 0.6 is 0 Å². The van der Waals surface area contributed by atoms with Gasteiger partial charge in [-0.05, 0) is 12.3 Å². The van der Waals surface area contributed by atoms with E-state index in [9.17, 15) is 4.39 Å². The van der Waals surface area contributed by atoms with Gasteiger partial charge in [-0.25, -0.2) is 4.39 Å². The van der Waals surface area contributed by atoms with Crippen molar-refractivity contribution in [2.45, 2.75) is 90.6 Å². The molecular weight excluding hydrogens is 223 g/mol. The molecule has 0 bridgehead atoms. The Morgan fingerprint density at radius 3 is 2.06 bits per heavy atom. The number of hydrogen-bond acceptors (Lipinski definition) is 0. The summed E-state index contributed by atoms with van der Waals surface area (Å²) < 4.78 is 13.3. The molecule has 0 aromatic heterocycles. The Bertz CT molecular complexity index is 176. The highest BCUT2D eigenvalue weighted by atomic mass is 19.1. The first-order chi connectivity index (χ1) is 8.74. The lowest BCUT2D eigenvalue weighted by atomic mass is 9.91. The highest BCUT2D eigenvalue weighted by Gasteiger charge is 2.12. The molecule has 0 aliphatic heterocycles. The summed E-state index contributed by atoms with van der Waals surface area (Å²) in [7, 11) is 0. The van der Waals surface area contributed by atoms with E-state index in [-0.39, 0.29) is 0 Å². The van der Waals surface area contributed by atoms with Crippen molar-refractivity contribution in [3.8, 4) is 0 Å². The van der Waals surface area contributed by atoms with Crippen molar-refractivity contribution in [3.63, 3.8) is 0 Å². The molecule has 0 heterocycles. The highest BCUT2D eigenvalue weighted by Crippen LogP contribution is 2.23. The van der Waals surface area contributed by atoms with Gasteiger partial charge < -0.3 is 0 Å². The number of hydrogen-bond donors (Lipinski definition) is 0. The maximum absolute atomic E-state index is 13.3. The van der Waals surface area contributed by atoms with Gasteiger partial charge in [0, 0.05) is 0 Å². The average Bonchev–Trinajstić information content (AvgIpc) is 2.37. The van der Waals surface area contributed by atoms with Crippen molar-refractivity contribution in [2.75, 3.05) is 0 Å². The Hall–Kier alpha value is -0.330. The van der Waals surface area contributed by atoms with Gasteiger partial charge in [0.15, 0.2) is 0 Å². The molecule has 0 spiro atoms. The first kappa shape index (κ1) is 17.7. The molecule has 0 rings (SSSR count). The van der Waals surface area contributed by atoms with Crippen LogP contribution in [0, 0.1) is 5.92 Å². The molecule has 0 aliphatic rings. The van der Waals surface area contributed by atoms with Gasteiger partial charge in [-0.2, -0.15) is 0 Å². The summed E-state index contributed by atoms with van der Waals surface area (Å²) in [6, 6.07) is 0. The lowest BCUT2D eigenvalue weighted by Crippen LogP contribution is -2.07. The van der Waals surface area contributed by atoms with Crippen molar-refractivity contribution < 1.29 is 4.39 Å². The van der Waals surface area contributed by atoms with Gasteiger partial charge >= 0.3 is 0 Å². The van der Waals surface area contributed by atoms with Gasteiger partial charge in [0.05, 0.1) is 0 Å².